The molecule has 0 bridgehead atoms. The second-order valence-corrected chi connectivity index (χ2v) is 9.06. The molecule has 1 heterocycles. The molecule has 6 heteroatoms. The maximum Gasteiger partial charge on any atom is 0.197 e. The average molecular weight is 556 g/mol. The van der Waals surface area contributed by atoms with Gasteiger partial charge in [0.05, 0.1) is 15.7 Å². The molecule has 0 fully saturated rings. The highest BCUT2D eigenvalue weighted by Gasteiger charge is 2.24. The third-order valence-corrected chi connectivity index (χ3v) is 6.39. The molecule has 0 unspecified atom stereocenters. The third-order valence-electron chi connectivity index (χ3n) is 5.53. The first-order valence-electron chi connectivity index (χ1n) is 11.0. The van der Waals surface area contributed by atoms with E-state index in [1.807, 2.05) is 52.9 Å². The lowest BCUT2D eigenvalue weighted by atomic mass is 9.98. The van der Waals surface area contributed by atoms with Crippen LogP contribution in [-0.4, -0.2) is 22.6 Å². The Morgan fingerprint density at radius 1 is 1.00 bits per heavy atom. The standard InChI is InChI=1S/C27H25IO5/c1-2-3-9-23-26(27(31)18-10-11-21(29)20(28)14-18)19-15-22(30)25(16-24(19)33-23)32-13-12-17-7-5-4-6-8-17/h4-8,10-11,14-16,29-30H,2-3,9,12-13H2,1H3. The van der Waals surface area contributed by atoms with Crippen LogP contribution < -0.4 is 4.74 Å². The van der Waals surface area contributed by atoms with E-state index in [2.05, 4.69) is 6.92 Å². The molecule has 0 saturated heterocycles. The van der Waals surface area contributed by atoms with Crippen molar-refractivity contribution in [3.05, 3.63) is 86.7 Å². The zero-order chi connectivity index (χ0) is 23.4. The molecule has 0 amide bonds. The van der Waals surface area contributed by atoms with Crippen LogP contribution in [0.15, 0.2) is 65.1 Å². The number of hydrogen-bond acceptors (Lipinski definition) is 5. The maximum atomic E-state index is 13.4. The van der Waals surface area contributed by atoms with Gasteiger partial charge < -0.3 is 19.4 Å². The highest BCUT2D eigenvalue weighted by molar-refractivity contribution is 14.1. The molecule has 0 aliphatic rings. The molecule has 0 atom stereocenters. The van der Waals surface area contributed by atoms with Crippen molar-refractivity contribution in [2.24, 2.45) is 0 Å². The molecule has 4 rings (SSSR count). The average Bonchev–Trinajstić information content (AvgIpc) is 3.16. The topological polar surface area (TPSA) is 79.9 Å². The van der Waals surface area contributed by atoms with Crippen LogP contribution in [0.25, 0.3) is 11.0 Å². The summed E-state index contributed by atoms with van der Waals surface area (Å²) in [6.07, 6.45) is 3.16. The van der Waals surface area contributed by atoms with Crippen molar-refractivity contribution >= 4 is 39.3 Å². The lowest BCUT2D eigenvalue weighted by molar-refractivity contribution is 0.103. The van der Waals surface area contributed by atoms with E-state index in [1.54, 1.807) is 24.3 Å². The minimum absolute atomic E-state index is 0.0345. The number of furan rings is 1. The van der Waals surface area contributed by atoms with Crippen LogP contribution in [-0.2, 0) is 12.8 Å². The highest BCUT2D eigenvalue weighted by atomic mass is 127. The van der Waals surface area contributed by atoms with Crippen LogP contribution in [0.3, 0.4) is 0 Å². The number of rotatable bonds is 9. The van der Waals surface area contributed by atoms with Gasteiger partial charge in [0.15, 0.2) is 17.3 Å². The van der Waals surface area contributed by atoms with Gasteiger partial charge in [-0.05, 0) is 58.8 Å². The SMILES string of the molecule is CCCCc1oc2cc(OCCc3ccccc3)c(O)cc2c1C(=O)c1ccc(O)c(I)c1. The molecular formula is C27H25IO5. The van der Waals surface area contributed by atoms with Gasteiger partial charge in [0.1, 0.15) is 17.1 Å². The van der Waals surface area contributed by atoms with Gasteiger partial charge in [0, 0.05) is 29.9 Å². The summed E-state index contributed by atoms with van der Waals surface area (Å²) in [5.41, 5.74) is 2.56. The number of carbonyl (C=O) groups is 1. The summed E-state index contributed by atoms with van der Waals surface area (Å²) < 4.78 is 12.5. The van der Waals surface area contributed by atoms with Crippen LogP contribution in [0, 0.1) is 3.57 Å². The number of unbranched alkanes of at least 4 members (excludes halogenated alkanes) is 1. The molecule has 0 aliphatic heterocycles. The predicted molar refractivity (Wildman–Crippen MR) is 136 cm³/mol. The van der Waals surface area contributed by atoms with E-state index >= 15 is 0 Å². The van der Waals surface area contributed by atoms with Crippen LogP contribution in [0.2, 0.25) is 0 Å². The second-order valence-electron chi connectivity index (χ2n) is 7.90. The Labute approximate surface area is 206 Å². The largest absolute Gasteiger partial charge is 0.507 e. The number of phenols is 2. The van der Waals surface area contributed by atoms with Crippen molar-refractivity contribution in [1.29, 1.82) is 0 Å². The van der Waals surface area contributed by atoms with E-state index in [9.17, 15) is 15.0 Å². The Kier molecular flexibility index (Phi) is 7.23. The minimum Gasteiger partial charge on any atom is -0.507 e. The number of aromatic hydroxyl groups is 2. The van der Waals surface area contributed by atoms with Gasteiger partial charge in [-0.25, -0.2) is 0 Å². The van der Waals surface area contributed by atoms with Crippen LogP contribution in [0.5, 0.6) is 17.2 Å². The molecule has 33 heavy (non-hydrogen) atoms. The fourth-order valence-electron chi connectivity index (χ4n) is 3.76. The normalized spacial score (nSPS) is 11.1. The molecule has 2 N–H and O–H groups in total. The maximum absolute atomic E-state index is 13.4. The predicted octanol–water partition coefficient (Wildman–Crippen LogP) is 6.64. The Bertz CT molecular complexity index is 1280. The van der Waals surface area contributed by atoms with Crippen LogP contribution in [0.4, 0.5) is 0 Å². The molecule has 1 aromatic heterocycles. The Balaban J connectivity index is 1.67. The summed E-state index contributed by atoms with van der Waals surface area (Å²) in [6.45, 7) is 2.49. The molecular weight excluding hydrogens is 531 g/mol. The van der Waals surface area contributed by atoms with E-state index < -0.39 is 0 Å². The van der Waals surface area contributed by atoms with Crippen LogP contribution >= 0.6 is 22.6 Å². The lowest BCUT2D eigenvalue weighted by Crippen LogP contribution is -2.04. The van der Waals surface area contributed by atoms with E-state index in [-0.39, 0.29) is 17.3 Å². The fourth-order valence-corrected chi connectivity index (χ4v) is 4.27. The van der Waals surface area contributed by atoms with Crippen molar-refractivity contribution in [3.63, 3.8) is 0 Å². The summed E-state index contributed by atoms with van der Waals surface area (Å²) in [6, 6.07) is 18.0. The first kappa shape index (κ1) is 23.2. The summed E-state index contributed by atoms with van der Waals surface area (Å²) in [5.74, 6) is 0.821. The first-order valence-corrected chi connectivity index (χ1v) is 12.0. The van der Waals surface area contributed by atoms with Crippen molar-refractivity contribution < 1.29 is 24.2 Å². The molecule has 5 nitrogen and oxygen atoms in total. The van der Waals surface area contributed by atoms with Crippen LogP contribution in [0.1, 0.15) is 47.0 Å². The van der Waals surface area contributed by atoms with E-state index in [0.29, 0.717) is 56.6 Å². The van der Waals surface area contributed by atoms with Gasteiger partial charge >= 0.3 is 0 Å². The van der Waals surface area contributed by atoms with Gasteiger partial charge in [-0.2, -0.15) is 0 Å². The highest BCUT2D eigenvalue weighted by Crippen LogP contribution is 2.38. The van der Waals surface area contributed by atoms with Gasteiger partial charge in [0.25, 0.3) is 0 Å². The van der Waals surface area contributed by atoms with Crippen molar-refractivity contribution in [2.45, 2.75) is 32.6 Å². The number of carbonyl (C=O) groups excluding carboxylic acids is 1. The zero-order valence-electron chi connectivity index (χ0n) is 18.3. The number of benzene rings is 3. The number of phenolic OH excluding ortho intramolecular Hbond substituents is 2. The molecule has 170 valence electrons. The number of aryl methyl sites for hydroxylation is 1. The number of ketones is 1. The third kappa shape index (κ3) is 5.16. The van der Waals surface area contributed by atoms with Crippen molar-refractivity contribution in [3.8, 4) is 17.2 Å². The number of fused-ring (bicyclic) bond motifs is 1. The Morgan fingerprint density at radius 2 is 1.79 bits per heavy atom. The van der Waals surface area contributed by atoms with E-state index in [4.69, 9.17) is 9.15 Å². The Hall–Kier alpha value is -3.00. The number of hydrogen-bond donors (Lipinski definition) is 2. The smallest absolute Gasteiger partial charge is 0.197 e. The van der Waals surface area contributed by atoms with Gasteiger partial charge in [0.2, 0.25) is 0 Å². The summed E-state index contributed by atoms with van der Waals surface area (Å²) in [4.78, 5) is 13.4. The van der Waals surface area contributed by atoms with E-state index in [0.717, 1.165) is 18.4 Å². The molecule has 3 aromatic carbocycles. The van der Waals surface area contributed by atoms with Gasteiger partial charge in [-0.1, -0.05) is 43.7 Å². The zero-order valence-corrected chi connectivity index (χ0v) is 20.5. The van der Waals surface area contributed by atoms with Crippen molar-refractivity contribution in [2.75, 3.05) is 6.61 Å². The molecule has 0 aliphatic carbocycles. The van der Waals surface area contributed by atoms with Crippen molar-refractivity contribution in [1.82, 2.24) is 0 Å². The fraction of sp³-hybridized carbons (Fsp3) is 0.222. The molecule has 0 spiro atoms. The summed E-state index contributed by atoms with van der Waals surface area (Å²) in [7, 11) is 0. The Morgan fingerprint density at radius 3 is 2.52 bits per heavy atom. The molecule has 4 aromatic rings. The second kappa shape index (κ2) is 10.3. The number of ether oxygens (including phenoxy) is 1. The molecule has 0 saturated carbocycles. The molecule has 0 radical (unpaired) electrons. The lowest BCUT2D eigenvalue weighted by Gasteiger charge is -2.08. The summed E-state index contributed by atoms with van der Waals surface area (Å²) >= 11 is 1.99. The quantitative estimate of drug-likeness (QED) is 0.178. The first-order chi connectivity index (χ1) is 16.0. The monoisotopic (exact) mass is 556 g/mol. The van der Waals surface area contributed by atoms with Gasteiger partial charge in [-0.15, -0.1) is 0 Å². The number of halogens is 1. The summed E-state index contributed by atoms with van der Waals surface area (Å²) in [5, 5.41) is 21.0. The van der Waals surface area contributed by atoms with E-state index in [1.165, 1.54) is 6.07 Å². The van der Waals surface area contributed by atoms with Gasteiger partial charge in [-0.3, -0.25) is 4.79 Å². The minimum atomic E-state index is -0.199.